The van der Waals surface area contributed by atoms with Gasteiger partial charge in [0.15, 0.2) is 0 Å². The summed E-state index contributed by atoms with van der Waals surface area (Å²) in [6.45, 7) is 6.40. The van der Waals surface area contributed by atoms with Crippen molar-refractivity contribution in [3.05, 3.63) is 53.7 Å². The molecule has 0 saturated carbocycles. The fourth-order valence-electron chi connectivity index (χ4n) is 1.81. The highest BCUT2D eigenvalue weighted by molar-refractivity contribution is 7.99. The SMILES string of the molecule is CC(C)c1ccc(Sc2cc(C(C)N)ccn2)cc1. The fourth-order valence-corrected chi connectivity index (χ4v) is 2.63. The van der Waals surface area contributed by atoms with E-state index >= 15 is 0 Å². The predicted molar refractivity (Wildman–Crippen MR) is 81.5 cm³/mol. The number of nitrogens with two attached hydrogens (primary N) is 1. The van der Waals surface area contributed by atoms with E-state index in [2.05, 4.69) is 49.2 Å². The van der Waals surface area contributed by atoms with Gasteiger partial charge in [-0.3, -0.25) is 0 Å². The number of nitrogens with zero attached hydrogens (tertiary/aromatic N) is 1. The van der Waals surface area contributed by atoms with Crippen LogP contribution >= 0.6 is 11.8 Å². The molecule has 0 saturated heterocycles. The van der Waals surface area contributed by atoms with Gasteiger partial charge >= 0.3 is 0 Å². The summed E-state index contributed by atoms with van der Waals surface area (Å²) < 4.78 is 0. The van der Waals surface area contributed by atoms with Crippen LogP contribution in [0.5, 0.6) is 0 Å². The van der Waals surface area contributed by atoms with Crippen molar-refractivity contribution in [1.82, 2.24) is 4.98 Å². The van der Waals surface area contributed by atoms with Crippen LogP contribution < -0.4 is 5.73 Å². The quantitative estimate of drug-likeness (QED) is 0.898. The molecule has 3 heteroatoms. The van der Waals surface area contributed by atoms with E-state index in [0.717, 1.165) is 10.6 Å². The van der Waals surface area contributed by atoms with E-state index in [1.54, 1.807) is 11.8 Å². The van der Waals surface area contributed by atoms with Gasteiger partial charge in [-0.05, 0) is 48.2 Å². The topological polar surface area (TPSA) is 38.9 Å². The molecule has 1 heterocycles. The summed E-state index contributed by atoms with van der Waals surface area (Å²) in [5.41, 5.74) is 8.38. The Morgan fingerprint density at radius 2 is 1.68 bits per heavy atom. The Bertz CT molecular complexity index is 533. The molecule has 19 heavy (non-hydrogen) atoms. The van der Waals surface area contributed by atoms with Gasteiger partial charge in [-0.1, -0.05) is 37.7 Å². The van der Waals surface area contributed by atoms with Gasteiger partial charge in [-0.25, -0.2) is 4.98 Å². The molecule has 1 unspecified atom stereocenters. The van der Waals surface area contributed by atoms with Gasteiger partial charge in [0, 0.05) is 17.1 Å². The fraction of sp³-hybridized carbons (Fsp3) is 0.312. The monoisotopic (exact) mass is 272 g/mol. The van der Waals surface area contributed by atoms with Crippen molar-refractivity contribution in [3.8, 4) is 0 Å². The molecule has 0 aliphatic carbocycles. The number of aromatic nitrogens is 1. The lowest BCUT2D eigenvalue weighted by Crippen LogP contribution is -2.04. The van der Waals surface area contributed by atoms with Crippen molar-refractivity contribution in [2.45, 2.75) is 42.7 Å². The summed E-state index contributed by atoms with van der Waals surface area (Å²) in [4.78, 5) is 5.59. The smallest absolute Gasteiger partial charge is 0.101 e. The Morgan fingerprint density at radius 3 is 2.26 bits per heavy atom. The average molecular weight is 272 g/mol. The van der Waals surface area contributed by atoms with Crippen LogP contribution in [-0.4, -0.2) is 4.98 Å². The molecule has 2 aromatic rings. The molecule has 0 amide bonds. The van der Waals surface area contributed by atoms with Crippen LogP contribution in [0.4, 0.5) is 0 Å². The third-order valence-corrected chi connectivity index (χ3v) is 3.99. The van der Waals surface area contributed by atoms with E-state index in [-0.39, 0.29) is 6.04 Å². The molecular weight excluding hydrogens is 252 g/mol. The van der Waals surface area contributed by atoms with Crippen molar-refractivity contribution >= 4 is 11.8 Å². The highest BCUT2D eigenvalue weighted by Gasteiger charge is 2.04. The van der Waals surface area contributed by atoms with E-state index in [1.165, 1.54) is 10.5 Å². The predicted octanol–water partition coefficient (Wildman–Crippen LogP) is 4.38. The first-order valence-corrected chi connectivity index (χ1v) is 7.37. The van der Waals surface area contributed by atoms with Gasteiger partial charge < -0.3 is 5.73 Å². The summed E-state index contributed by atoms with van der Waals surface area (Å²) in [5.74, 6) is 0.568. The Morgan fingerprint density at radius 1 is 1.00 bits per heavy atom. The third-order valence-electron chi connectivity index (χ3n) is 3.05. The molecular formula is C16H20N2S. The summed E-state index contributed by atoms with van der Waals surface area (Å²) in [6, 6.07) is 12.7. The summed E-state index contributed by atoms with van der Waals surface area (Å²) in [7, 11) is 0. The maximum absolute atomic E-state index is 5.89. The number of benzene rings is 1. The Hall–Kier alpha value is -1.32. The molecule has 1 aromatic heterocycles. The van der Waals surface area contributed by atoms with Crippen molar-refractivity contribution < 1.29 is 0 Å². The highest BCUT2D eigenvalue weighted by atomic mass is 32.2. The molecule has 1 aromatic carbocycles. The molecule has 1 atom stereocenters. The maximum atomic E-state index is 5.89. The minimum Gasteiger partial charge on any atom is -0.324 e. The van der Waals surface area contributed by atoms with E-state index in [9.17, 15) is 0 Å². The molecule has 0 aliphatic rings. The number of hydrogen-bond acceptors (Lipinski definition) is 3. The Labute approximate surface area is 119 Å². The lowest BCUT2D eigenvalue weighted by molar-refractivity contribution is 0.808. The molecule has 0 aliphatic heterocycles. The van der Waals surface area contributed by atoms with Crippen molar-refractivity contribution in [2.75, 3.05) is 0 Å². The van der Waals surface area contributed by atoms with Gasteiger partial charge in [0.05, 0.1) is 0 Å². The standard InChI is InChI=1S/C16H20N2S/c1-11(2)13-4-6-15(7-5-13)19-16-10-14(12(3)17)8-9-18-16/h4-12H,17H2,1-3H3. The van der Waals surface area contributed by atoms with Gasteiger partial charge in [0.2, 0.25) is 0 Å². The minimum atomic E-state index is 0.0469. The molecule has 2 N–H and O–H groups in total. The molecule has 2 rings (SSSR count). The van der Waals surface area contributed by atoms with Crippen LogP contribution in [0.25, 0.3) is 0 Å². The van der Waals surface area contributed by atoms with E-state index in [1.807, 2.05) is 19.2 Å². The number of hydrogen-bond donors (Lipinski definition) is 1. The van der Waals surface area contributed by atoms with Crippen molar-refractivity contribution in [1.29, 1.82) is 0 Å². The van der Waals surface area contributed by atoms with Crippen LogP contribution in [0, 0.1) is 0 Å². The van der Waals surface area contributed by atoms with Gasteiger partial charge in [-0.2, -0.15) is 0 Å². The van der Waals surface area contributed by atoms with Gasteiger partial charge in [0.25, 0.3) is 0 Å². The van der Waals surface area contributed by atoms with Gasteiger partial charge in [-0.15, -0.1) is 0 Å². The highest BCUT2D eigenvalue weighted by Crippen LogP contribution is 2.28. The first-order valence-electron chi connectivity index (χ1n) is 6.55. The maximum Gasteiger partial charge on any atom is 0.101 e. The first kappa shape index (κ1) is 14.1. The van der Waals surface area contributed by atoms with E-state index < -0.39 is 0 Å². The van der Waals surface area contributed by atoms with Crippen molar-refractivity contribution in [3.63, 3.8) is 0 Å². The van der Waals surface area contributed by atoms with Crippen LogP contribution in [0.3, 0.4) is 0 Å². The zero-order valence-corrected chi connectivity index (χ0v) is 12.4. The first-order chi connectivity index (χ1) is 9.06. The zero-order chi connectivity index (χ0) is 13.8. The van der Waals surface area contributed by atoms with Crippen LogP contribution in [0.2, 0.25) is 0 Å². The normalized spacial score (nSPS) is 12.7. The Kier molecular flexibility index (Phi) is 4.61. The van der Waals surface area contributed by atoms with Crippen LogP contribution in [0.1, 0.15) is 43.9 Å². The largest absolute Gasteiger partial charge is 0.324 e. The lowest BCUT2D eigenvalue weighted by atomic mass is 10.0. The molecule has 100 valence electrons. The zero-order valence-electron chi connectivity index (χ0n) is 11.6. The third kappa shape index (κ3) is 3.82. The Balaban J connectivity index is 2.14. The second-order valence-corrected chi connectivity index (χ2v) is 6.14. The second kappa shape index (κ2) is 6.22. The van der Waals surface area contributed by atoms with Gasteiger partial charge in [0.1, 0.15) is 5.03 Å². The van der Waals surface area contributed by atoms with Crippen LogP contribution in [-0.2, 0) is 0 Å². The summed E-state index contributed by atoms with van der Waals surface area (Å²) in [5, 5.41) is 0.993. The summed E-state index contributed by atoms with van der Waals surface area (Å²) >= 11 is 1.67. The average Bonchev–Trinajstić information content (AvgIpc) is 2.39. The number of rotatable bonds is 4. The van der Waals surface area contributed by atoms with E-state index in [0.29, 0.717) is 5.92 Å². The minimum absolute atomic E-state index is 0.0469. The lowest BCUT2D eigenvalue weighted by Gasteiger charge is -2.08. The molecule has 0 bridgehead atoms. The molecule has 0 spiro atoms. The van der Waals surface area contributed by atoms with E-state index in [4.69, 9.17) is 5.73 Å². The number of pyridine rings is 1. The van der Waals surface area contributed by atoms with Crippen LogP contribution in [0.15, 0.2) is 52.5 Å². The molecule has 2 nitrogen and oxygen atoms in total. The second-order valence-electron chi connectivity index (χ2n) is 5.04. The summed E-state index contributed by atoms with van der Waals surface area (Å²) in [6.07, 6.45) is 1.82. The van der Waals surface area contributed by atoms with Crippen molar-refractivity contribution in [2.24, 2.45) is 5.73 Å². The molecule has 0 fully saturated rings. The molecule has 0 radical (unpaired) electrons.